The van der Waals surface area contributed by atoms with Gasteiger partial charge in [-0.25, -0.2) is 0 Å². The summed E-state index contributed by atoms with van der Waals surface area (Å²) in [6.07, 6.45) is 36.4. The van der Waals surface area contributed by atoms with Crippen molar-refractivity contribution in [2.24, 2.45) is 0 Å². The van der Waals surface area contributed by atoms with Gasteiger partial charge in [0.25, 0.3) is 0 Å². The summed E-state index contributed by atoms with van der Waals surface area (Å²) in [6.45, 7) is 0. The van der Waals surface area contributed by atoms with E-state index in [1.165, 1.54) is 77.0 Å². The van der Waals surface area contributed by atoms with Gasteiger partial charge in [-0.15, -0.1) is 0 Å². The molecule has 148 valence electrons. The summed E-state index contributed by atoms with van der Waals surface area (Å²) in [4.78, 5) is 0. The molecule has 0 amide bonds. The summed E-state index contributed by atoms with van der Waals surface area (Å²) in [5.74, 6) is 0. The first-order valence-corrected chi connectivity index (χ1v) is 15.2. The van der Waals surface area contributed by atoms with Crippen molar-refractivity contribution < 1.29 is 4.12 Å². The minimum absolute atomic E-state index is 0.500. The molecule has 0 aliphatic heterocycles. The zero-order valence-corrected chi connectivity index (χ0v) is 19.4. The summed E-state index contributed by atoms with van der Waals surface area (Å²) in [7, 11) is -2.41. The first-order chi connectivity index (χ1) is 13.4. The molecule has 3 heteroatoms. The van der Waals surface area contributed by atoms with Gasteiger partial charge in [-0.05, 0) is 99.2 Å². The summed E-state index contributed by atoms with van der Waals surface area (Å²) < 4.78 is 7.46. The van der Waals surface area contributed by atoms with Gasteiger partial charge in [0.2, 0.25) is 0 Å². The predicted molar refractivity (Wildman–Crippen MR) is 122 cm³/mol. The minimum Gasteiger partial charge on any atom is -0.459 e. The zero-order valence-electron chi connectivity index (χ0n) is 17.0. The van der Waals surface area contributed by atoms with E-state index in [0.717, 1.165) is 22.2 Å². The van der Waals surface area contributed by atoms with Crippen LogP contribution in [0.4, 0.5) is 0 Å². The molecule has 0 aromatic rings. The lowest BCUT2D eigenvalue weighted by molar-refractivity contribution is 0.463. The van der Waals surface area contributed by atoms with E-state index in [0.29, 0.717) is 0 Å². The highest BCUT2D eigenvalue weighted by atomic mass is 28.4. The number of rotatable bonds is 6. The van der Waals surface area contributed by atoms with Gasteiger partial charge in [0.15, 0.2) is 18.1 Å². The molecule has 4 atom stereocenters. The van der Waals surface area contributed by atoms with Crippen LogP contribution in [-0.2, 0) is 4.12 Å². The first-order valence-electron chi connectivity index (χ1n) is 11.7. The Morgan fingerprint density at radius 3 is 1.41 bits per heavy atom. The monoisotopic (exact) mass is 398 g/mol. The Morgan fingerprint density at radius 1 is 0.593 bits per heavy atom. The van der Waals surface area contributed by atoms with Crippen molar-refractivity contribution >= 4 is 18.1 Å². The second-order valence-electron chi connectivity index (χ2n) is 9.18. The van der Waals surface area contributed by atoms with E-state index in [2.05, 4.69) is 48.6 Å². The summed E-state index contributed by atoms with van der Waals surface area (Å²) in [5, 5.41) is 0. The van der Waals surface area contributed by atoms with Crippen LogP contribution in [0.25, 0.3) is 0 Å². The van der Waals surface area contributed by atoms with Crippen LogP contribution < -0.4 is 0 Å². The van der Waals surface area contributed by atoms with Crippen molar-refractivity contribution in [1.82, 2.24) is 0 Å². The van der Waals surface area contributed by atoms with Crippen molar-refractivity contribution in [1.29, 1.82) is 0 Å². The maximum Gasteiger partial charge on any atom is 0.200 e. The molecule has 4 aliphatic rings. The Bertz CT molecular complexity index is 531. The second kappa shape index (κ2) is 9.71. The van der Waals surface area contributed by atoms with Crippen molar-refractivity contribution in [2.45, 2.75) is 99.2 Å². The number of hydrogen-bond acceptors (Lipinski definition) is 1. The van der Waals surface area contributed by atoms with Crippen LogP contribution in [-0.4, -0.2) is 18.1 Å². The lowest BCUT2D eigenvalue weighted by Gasteiger charge is -2.49. The highest BCUT2D eigenvalue weighted by Crippen LogP contribution is 2.53. The number of hydrogen-bond donors (Lipinski definition) is 0. The molecule has 0 aromatic heterocycles. The molecule has 0 saturated carbocycles. The SMILES string of the molecule is C1=CC([SiH2]O[Si](C2C=CCCC2)(C2C=CCCC2)C2C=CCCC2)CCC1. The van der Waals surface area contributed by atoms with Crippen LogP contribution in [0.5, 0.6) is 0 Å². The highest BCUT2D eigenvalue weighted by molar-refractivity contribution is 6.82. The number of allylic oxidation sites excluding steroid dienone is 8. The van der Waals surface area contributed by atoms with Crippen LogP contribution in [0.2, 0.25) is 22.2 Å². The molecule has 0 saturated heterocycles. The molecule has 4 aliphatic carbocycles. The smallest absolute Gasteiger partial charge is 0.200 e. The minimum atomic E-state index is -1.91. The Balaban J connectivity index is 1.67. The van der Waals surface area contributed by atoms with Crippen LogP contribution in [0.15, 0.2) is 48.6 Å². The average molecular weight is 399 g/mol. The van der Waals surface area contributed by atoms with Gasteiger partial charge in [-0.1, -0.05) is 48.6 Å². The predicted octanol–water partition coefficient (Wildman–Crippen LogP) is 6.89. The molecule has 0 N–H and O–H groups in total. The quantitative estimate of drug-likeness (QED) is 0.349. The average Bonchev–Trinajstić information content (AvgIpc) is 2.77. The van der Waals surface area contributed by atoms with Crippen LogP contribution in [0.1, 0.15) is 77.0 Å². The van der Waals surface area contributed by atoms with E-state index in [1.54, 1.807) is 0 Å². The van der Waals surface area contributed by atoms with Gasteiger partial charge < -0.3 is 4.12 Å². The fourth-order valence-corrected chi connectivity index (χ4v) is 16.2. The maximum absolute atomic E-state index is 7.46. The van der Waals surface area contributed by atoms with Crippen molar-refractivity contribution in [3.63, 3.8) is 0 Å². The third-order valence-electron chi connectivity index (χ3n) is 7.40. The molecule has 0 bridgehead atoms. The first kappa shape index (κ1) is 19.7. The largest absolute Gasteiger partial charge is 0.459 e. The van der Waals surface area contributed by atoms with E-state index in [-0.39, 0.29) is 0 Å². The molecule has 0 aromatic carbocycles. The Labute approximate surface area is 170 Å². The van der Waals surface area contributed by atoms with E-state index >= 15 is 0 Å². The summed E-state index contributed by atoms with van der Waals surface area (Å²) >= 11 is 0. The fraction of sp³-hybridized carbons (Fsp3) is 0.667. The highest BCUT2D eigenvalue weighted by Gasteiger charge is 2.52. The molecule has 0 spiro atoms. The van der Waals surface area contributed by atoms with Crippen molar-refractivity contribution in [3.05, 3.63) is 48.6 Å². The Morgan fingerprint density at radius 2 is 1.04 bits per heavy atom. The van der Waals surface area contributed by atoms with E-state index in [9.17, 15) is 0 Å². The normalized spacial score (nSPS) is 36.3. The molecule has 0 radical (unpaired) electrons. The van der Waals surface area contributed by atoms with Gasteiger partial charge in [0.05, 0.1) is 0 Å². The fourth-order valence-electron chi connectivity index (χ4n) is 5.98. The van der Waals surface area contributed by atoms with E-state index in [1.807, 2.05) is 0 Å². The molecule has 0 fully saturated rings. The maximum atomic E-state index is 7.46. The van der Waals surface area contributed by atoms with Crippen molar-refractivity contribution in [3.8, 4) is 0 Å². The van der Waals surface area contributed by atoms with Crippen LogP contribution >= 0.6 is 0 Å². The molecular formula is C24H38OSi2. The standard InChI is InChI=1S/C24H38OSi2/c1-5-13-21(14-6-1)26-25-27(22-15-7-2-8-16-22,23-17-9-3-10-18-23)24-19-11-4-12-20-24/h5,7,9,11,13,15,17,19,21-24H,1-4,6,8,10,12,14,16,18,20,26H2. The summed E-state index contributed by atoms with van der Waals surface area (Å²) in [6, 6.07) is 0. The molecule has 4 rings (SSSR count). The lowest BCUT2D eigenvalue weighted by Crippen LogP contribution is -2.53. The van der Waals surface area contributed by atoms with E-state index < -0.39 is 18.1 Å². The molecule has 4 unspecified atom stereocenters. The molecule has 1 nitrogen and oxygen atoms in total. The Kier molecular flexibility index (Phi) is 7.07. The topological polar surface area (TPSA) is 9.23 Å². The Hall–Kier alpha value is -0.646. The van der Waals surface area contributed by atoms with E-state index in [4.69, 9.17) is 4.12 Å². The van der Waals surface area contributed by atoms with Gasteiger partial charge in [0.1, 0.15) is 0 Å². The van der Waals surface area contributed by atoms with Crippen LogP contribution in [0, 0.1) is 0 Å². The van der Waals surface area contributed by atoms with Gasteiger partial charge in [-0.2, -0.15) is 0 Å². The second-order valence-corrected chi connectivity index (χ2v) is 15.6. The lowest BCUT2D eigenvalue weighted by atomic mass is 10.1. The van der Waals surface area contributed by atoms with Crippen LogP contribution in [0.3, 0.4) is 0 Å². The van der Waals surface area contributed by atoms with Gasteiger partial charge >= 0.3 is 0 Å². The molecule has 0 heterocycles. The van der Waals surface area contributed by atoms with Gasteiger partial charge in [0, 0.05) is 0 Å². The third kappa shape index (κ3) is 4.51. The zero-order chi connectivity index (χ0) is 18.4. The van der Waals surface area contributed by atoms with Gasteiger partial charge in [-0.3, -0.25) is 0 Å². The third-order valence-corrected chi connectivity index (χ3v) is 16.1. The molecular weight excluding hydrogens is 360 g/mol. The molecule has 27 heavy (non-hydrogen) atoms. The van der Waals surface area contributed by atoms with Crippen molar-refractivity contribution in [2.75, 3.05) is 0 Å². The summed E-state index contributed by atoms with van der Waals surface area (Å²) in [5.41, 5.74) is 3.02.